The number of carboxylic acid groups (broad SMARTS) is 1. The van der Waals surface area contributed by atoms with E-state index in [2.05, 4.69) is 22.4 Å². The Kier molecular flexibility index (Phi) is 6.77. The molecule has 2 N–H and O–H groups in total. The normalized spacial score (nSPS) is 16.2. The lowest BCUT2D eigenvalue weighted by atomic mass is 9.92. The van der Waals surface area contributed by atoms with E-state index in [-0.39, 0.29) is 12.5 Å². The molecule has 0 amide bonds. The molecule has 5 rings (SSSR count). The summed E-state index contributed by atoms with van der Waals surface area (Å²) in [5, 5.41) is 13.2. The number of halogens is 1. The van der Waals surface area contributed by atoms with Gasteiger partial charge >= 0.3 is 17.3 Å². The lowest BCUT2D eigenvalue weighted by Gasteiger charge is -2.21. The zero-order valence-corrected chi connectivity index (χ0v) is 21.6. The summed E-state index contributed by atoms with van der Waals surface area (Å²) >= 11 is 6.03. The number of aliphatic carboxylic acids is 1. The SMILES string of the molecule is C[C@@H](C(=O)O)[C@H](C)n1c(=O)nc(Nc2ccc3c(c2)C2=C(CCCC2)C3)n(Cc2ccc(Cl)cc2)c1=O. The highest BCUT2D eigenvalue weighted by molar-refractivity contribution is 6.30. The van der Waals surface area contributed by atoms with Crippen LogP contribution in [0.5, 0.6) is 0 Å². The molecule has 8 nitrogen and oxygen atoms in total. The summed E-state index contributed by atoms with van der Waals surface area (Å²) in [6.45, 7) is 3.13. The Morgan fingerprint density at radius 2 is 1.84 bits per heavy atom. The third kappa shape index (κ3) is 4.85. The summed E-state index contributed by atoms with van der Waals surface area (Å²) in [6.07, 6.45) is 5.61. The number of hydrogen-bond donors (Lipinski definition) is 2. The highest BCUT2D eigenvalue weighted by atomic mass is 35.5. The maximum Gasteiger partial charge on any atom is 0.355 e. The van der Waals surface area contributed by atoms with Crippen LogP contribution in [0.2, 0.25) is 5.02 Å². The predicted octanol–water partition coefficient (Wildman–Crippen LogP) is 5.02. The van der Waals surface area contributed by atoms with Crippen LogP contribution in [0, 0.1) is 5.92 Å². The maximum atomic E-state index is 13.6. The summed E-state index contributed by atoms with van der Waals surface area (Å²) < 4.78 is 2.29. The van der Waals surface area contributed by atoms with Gasteiger partial charge in [0.05, 0.1) is 18.5 Å². The van der Waals surface area contributed by atoms with E-state index >= 15 is 0 Å². The fraction of sp³-hybridized carbons (Fsp3) is 0.357. The molecule has 9 heteroatoms. The van der Waals surface area contributed by atoms with Crippen LogP contribution in [0.4, 0.5) is 11.6 Å². The molecular formula is C28H29ClN4O4. The molecule has 2 aliphatic carbocycles. The van der Waals surface area contributed by atoms with Crippen molar-refractivity contribution in [1.29, 1.82) is 0 Å². The zero-order chi connectivity index (χ0) is 26.3. The molecule has 0 unspecified atom stereocenters. The Labute approximate surface area is 219 Å². The lowest BCUT2D eigenvalue weighted by Crippen LogP contribution is -2.46. The minimum Gasteiger partial charge on any atom is -0.481 e. The van der Waals surface area contributed by atoms with Crippen LogP contribution >= 0.6 is 11.6 Å². The second kappa shape index (κ2) is 10.0. The molecule has 1 heterocycles. The summed E-state index contributed by atoms with van der Waals surface area (Å²) in [6, 6.07) is 12.3. The average molecular weight is 521 g/mol. The fourth-order valence-corrected chi connectivity index (χ4v) is 5.36. The number of nitrogens with one attached hydrogen (secondary N) is 1. The van der Waals surface area contributed by atoms with Crippen LogP contribution < -0.4 is 16.7 Å². The van der Waals surface area contributed by atoms with Gasteiger partial charge in [-0.15, -0.1) is 0 Å². The van der Waals surface area contributed by atoms with Crippen molar-refractivity contribution in [2.24, 2.45) is 5.92 Å². The van der Waals surface area contributed by atoms with Crippen molar-refractivity contribution < 1.29 is 9.90 Å². The Hall–Kier alpha value is -3.65. The lowest BCUT2D eigenvalue weighted by molar-refractivity contribution is -0.142. The van der Waals surface area contributed by atoms with Crippen molar-refractivity contribution in [1.82, 2.24) is 14.1 Å². The summed E-state index contributed by atoms with van der Waals surface area (Å²) in [4.78, 5) is 42.4. The molecule has 2 aromatic carbocycles. The minimum atomic E-state index is -1.10. The first-order chi connectivity index (χ1) is 17.7. The minimum absolute atomic E-state index is 0.104. The number of rotatable bonds is 7. The first-order valence-corrected chi connectivity index (χ1v) is 12.9. The van der Waals surface area contributed by atoms with E-state index < -0.39 is 29.3 Å². The highest BCUT2D eigenvalue weighted by Crippen LogP contribution is 2.42. The van der Waals surface area contributed by atoms with E-state index in [1.54, 1.807) is 31.2 Å². The average Bonchev–Trinajstić information content (AvgIpc) is 3.25. The van der Waals surface area contributed by atoms with E-state index in [1.165, 1.54) is 46.6 Å². The number of carbonyl (C=O) groups is 1. The number of anilines is 2. The molecule has 192 valence electrons. The van der Waals surface area contributed by atoms with Crippen LogP contribution in [0.3, 0.4) is 0 Å². The van der Waals surface area contributed by atoms with Gasteiger partial charge in [-0.05, 0) is 92.5 Å². The van der Waals surface area contributed by atoms with Gasteiger partial charge in [0, 0.05) is 10.7 Å². The number of fused-ring (bicyclic) bond motifs is 2. The maximum absolute atomic E-state index is 13.6. The van der Waals surface area contributed by atoms with E-state index in [0.29, 0.717) is 5.02 Å². The molecule has 3 aromatic rings. The topological polar surface area (TPSA) is 106 Å². The van der Waals surface area contributed by atoms with E-state index in [4.69, 9.17) is 11.6 Å². The first kappa shape index (κ1) is 25.0. The number of hydrogen-bond acceptors (Lipinski definition) is 5. The fourth-order valence-electron chi connectivity index (χ4n) is 5.23. The van der Waals surface area contributed by atoms with Crippen molar-refractivity contribution in [3.8, 4) is 0 Å². The number of benzene rings is 2. The van der Waals surface area contributed by atoms with Gasteiger partial charge in [-0.3, -0.25) is 9.36 Å². The monoisotopic (exact) mass is 520 g/mol. The molecule has 0 saturated carbocycles. The Morgan fingerprint density at radius 1 is 1.11 bits per heavy atom. The van der Waals surface area contributed by atoms with Crippen molar-refractivity contribution in [2.45, 2.75) is 58.5 Å². The van der Waals surface area contributed by atoms with Crippen LogP contribution in [0.15, 0.2) is 57.6 Å². The van der Waals surface area contributed by atoms with E-state index in [9.17, 15) is 19.5 Å². The number of aromatic nitrogens is 3. The second-order valence-electron chi connectivity index (χ2n) is 9.91. The molecule has 0 fully saturated rings. The third-order valence-electron chi connectivity index (χ3n) is 7.55. The van der Waals surface area contributed by atoms with Crippen LogP contribution in [-0.2, 0) is 17.8 Å². The van der Waals surface area contributed by atoms with E-state index in [1.807, 2.05) is 6.07 Å². The molecule has 37 heavy (non-hydrogen) atoms. The highest BCUT2D eigenvalue weighted by Gasteiger charge is 2.27. The van der Waals surface area contributed by atoms with E-state index in [0.717, 1.165) is 35.1 Å². The third-order valence-corrected chi connectivity index (χ3v) is 7.80. The number of nitrogens with zero attached hydrogens (tertiary/aromatic N) is 3. The summed E-state index contributed by atoms with van der Waals surface area (Å²) in [7, 11) is 0. The molecule has 0 bridgehead atoms. The molecule has 0 radical (unpaired) electrons. The van der Waals surface area contributed by atoms with Crippen LogP contribution in [-0.4, -0.2) is 25.2 Å². The van der Waals surface area contributed by atoms with Crippen LogP contribution in [0.1, 0.15) is 62.3 Å². The van der Waals surface area contributed by atoms with Gasteiger partial charge < -0.3 is 10.4 Å². The van der Waals surface area contributed by atoms with Gasteiger partial charge in [0.1, 0.15) is 0 Å². The molecule has 0 aliphatic heterocycles. The zero-order valence-electron chi connectivity index (χ0n) is 20.8. The van der Waals surface area contributed by atoms with Crippen LogP contribution in [0.25, 0.3) is 5.57 Å². The molecule has 0 saturated heterocycles. The molecule has 2 aliphatic rings. The standard InChI is InChI=1S/C28H29ClN4O4/c1-16(25(34)35)17(2)33-27(36)31-26(32(28(33)37)15-18-7-10-21(29)11-8-18)30-22-12-9-20-13-19-5-3-4-6-23(19)24(20)14-22/h7-12,14,16-17H,3-6,13,15H2,1-2H3,(H,34,35)(H,30,31,36)/t16-,17+/m1/s1. The van der Waals surface area contributed by atoms with Gasteiger partial charge in [0.15, 0.2) is 0 Å². The Balaban J connectivity index is 1.57. The number of carboxylic acids is 1. The van der Waals surface area contributed by atoms with Crippen molar-refractivity contribution in [3.63, 3.8) is 0 Å². The second-order valence-corrected chi connectivity index (χ2v) is 10.4. The molecule has 1 aromatic heterocycles. The Bertz CT molecular complexity index is 1520. The largest absolute Gasteiger partial charge is 0.481 e. The Morgan fingerprint density at radius 3 is 2.57 bits per heavy atom. The molecule has 0 spiro atoms. The summed E-state index contributed by atoms with van der Waals surface area (Å²) in [5.74, 6) is -1.95. The smallest absolute Gasteiger partial charge is 0.355 e. The van der Waals surface area contributed by atoms with Crippen molar-refractivity contribution >= 4 is 34.8 Å². The van der Waals surface area contributed by atoms with Gasteiger partial charge in [0.25, 0.3) is 0 Å². The van der Waals surface area contributed by atoms with Gasteiger partial charge in [-0.25, -0.2) is 14.2 Å². The first-order valence-electron chi connectivity index (χ1n) is 12.5. The van der Waals surface area contributed by atoms with Crippen molar-refractivity contribution in [2.75, 3.05) is 5.32 Å². The van der Waals surface area contributed by atoms with Crippen molar-refractivity contribution in [3.05, 3.63) is 90.7 Å². The number of allylic oxidation sites excluding steroid dienone is 2. The van der Waals surface area contributed by atoms with Gasteiger partial charge in [-0.1, -0.05) is 35.4 Å². The van der Waals surface area contributed by atoms with Gasteiger partial charge in [-0.2, -0.15) is 4.98 Å². The molecular weight excluding hydrogens is 492 g/mol. The van der Waals surface area contributed by atoms with Gasteiger partial charge in [0.2, 0.25) is 5.95 Å². The predicted molar refractivity (Wildman–Crippen MR) is 144 cm³/mol. The quantitative estimate of drug-likeness (QED) is 0.453. The molecule has 2 atom stereocenters. The summed E-state index contributed by atoms with van der Waals surface area (Å²) in [5.41, 5.74) is 5.56.